The van der Waals surface area contributed by atoms with Crippen LogP contribution in [0.15, 0.2) is 63.5 Å². The van der Waals surface area contributed by atoms with Gasteiger partial charge in [0.2, 0.25) is 5.89 Å². The number of carbonyl (C=O) groups excluding carboxylic acids is 1. The van der Waals surface area contributed by atoms with Crippen LogP contribution in [0.25, 0.3) is 22.6 Å². The summed E-state index contributed by atoms with van der Waals surface area (Å²) in [6.45, 7) is 3.84. The summed E-state index contributed by atoms with van der Waals surface area (Å²) in [7, 11) is 1.56. The van der Waals surface area contributed by atoms with Crippen molar-refractivity contribution in [3.05, 3.63) is 75.8 Å². The first-order valence-corrected chi connectivity index (χ1v) is 9.87. The lowest BCUT2D eigenvalue weighted by Gasteiger charge is -2.14. The lowest BCUT2D eigenvalue weighted by molar-refractivity contribution is 0.102. The Morgan fingerprint density at radius 2 is 1.86 bits per heavy atom. The van der Waals surface area contributed by atoms with E-state index in [4.69, 9.17) is 9.15 Å². The lowest BCUT2D eigenvalue weighted by atomic mass is 10.1. The van der Waals surface area contributed by atoms with E-state index < -0.39 is 0 Å². The summed E-state index contributed by atoms with van der Waals surface area (Å²) in [6, 6.07) is 17.0. The summed E-state index contributed by atoms with van der Waals surface area (Å²) in [5.41, 5.74) is 5.28. The third-order valence-electron chi connectivity index (χ3n) is 4.71. The maximum absolute atomic E-state index is 13.0. The number of nitrogens with one attached hydrogen (secondary N) is 1. The molecule has 146 valence electrons. The van der Waals surface area contributed by atoms with Crippen molar-refractivity contribution in [2.24, 2.45) is 0 Å². The summed E-state index contributed by atoms with van der Waals surface area (Å²) in [5.74, 6) is 0.820. The van der Waals surface area contributed by atoms with E-state index in [1.165, 1.54) is 0 Å². The molecule has 1 aromatic heterocycles. The number of fused-ring (bicyclic) bond motifs is 1. The highest BCUT2D eigenvalue weighted by Gasteiger charge is 2.17. The highest BCUT2D eigenvalue weighted by molar-refractivity contribution is 9.10. The van der Waals surface area contributed by atoms with Crippen LogP contribution in [0.1, 0.15) is 21.5 Å². The second-order valence-electron chi connectivity index (χ2n) is 6.77. The third kappa shape index (κ3) is 3.76. The van der Waals surface area contributed by atoms with Crippen LogP contribution in [-0.4, -0.2) is 18.0 Å². The average Bonchev–Trinajstić information content (AvgIpc) is 3.13. The van der Waals surface area contributed by atoms with Crippen molar-refractivity contribution in [2.75, 3.05) is 12.4 Å². The molecule has 0 aliphatic rings. The maximum Gasteiger partial charge on any atom is 0.259 e. The number of hydrogen-bond donors (Lipinski definition) is 1. The van der Waals surface area contributed by atoms with Crippen LogP contribution < -0.4 is 10.1 Å². The average molecular weight is 451 g/mol. The van der Waals surface area contributed by atoms with Gasteiger partial charge in [-0.2, -0.15) is 0 Å². The molecule has 1 amide bonds. The Morgan fingerprint density at radius 1 is 1.07 bits per heavy atom. The zero-order valence-electron chi connectivity index (χ0n) is 16.2. The fourth-order valence-electron chi connectivity index (χ4n) is 3.24. The largest absolute Gasteiger partial charge is 0.496 e. The van der Waals surface area contributed by atoms with Crippen molar-refractivity contribution >= 4 is 38.6 Å². The maximum atomic E-state index is 13.0. The Hall–Kier alpha value is -3.12. The Bertz CT molecular complexity index is 1200. The number of benzene rings is 3. The normalized spacial score (nSPS) is 10.9. The van der Waals surface area contributed by atoms with E-state index in [-0.39, 0.29) is 5.91 Å². The van der Waals surface area contributed by atoms with Crippen LogP contribution in [0.3, 0.4) is 0 Å². The number of amides is 1. The molecule has 0 bridgehead atoms. The van der Waals surface area contributed by atoms with Crippen molar-refractivity contribution in [2.45, 2.75) is 13.8 Å². The molecule has 0 aliphatic heterocycles. The van der Waals surface area contributed by atoms with Gasteiger partial charge in [0.15, 0.2) is 5.58 Å². The van der Waals surface area contributed by atoms with Gasteiger partial charge >= 0.3 is 0 Å². The molecule has 0 saturated carbocycles. The summed E-state index contributed by atoms with van der Waals surface area (Å²) < 4.78 is 12.1. The smallest absolute Gasteiger partial charge is 0.259 e. The van der Waals surface area contributed by atoms with E-state index in [0.717, 1.165) is 32.3 Å². The molecule has 0 aliphatic carbocycles. The molecule has 0 fully saturated rings. The molecule has 0 radical (unpaired) electrons. The van der Waals surface area contributed by atoms with Crippen LogP contribution in [0.5, 0.6) is 5.75 Å². The third-order valence-corrected chi connectivity index (χ3v) is 5.17. The second kappa shape index (κ2) is 7.72. The highest BCUT2D eigenvalue weighted by Crippen LogP contribution is 2.31. The molecule has 1 heterocycles. The molecule has 6 heteroatoms. The van der Waals surface area contributed by atoms with Crippen molar-refractivity contribution < 1.29 is 13.9 Å². The van der Waals surface area contributed by atoms with Gasteiger partial charge in [0.25, 0.3) is 5.91 Å². The SMILES string of the molecule is COc1c(C)cc(Br)cc1C(=O)Nc1cc(-c2nc3ccccc3o2)ccc1C. The zero-order chi connectivity index (χ0) is 20.5. The minimum atomic E-state index is -0.246. The van der Waals surface area contributed by atoms with E-state index in [0.29, 0.717) is 22.9 Å². The number of halogens is 1. The van der Waals surface area contributed by atoms with E-state index in [2.05, 4.69) is 26.2 Å². The quantitative estimate of drug-likeness (QED) is 0.405. The number of aryl methyl sites for hydroxylation is 2. The molecule has 4 aromatic rings. The second-order valence-corrected chi connectivity index (χ2v) is 7.69. The van der Waals surface area contributed by atoms with E-state index in [1.807, 2.05) is 62.4 Å². The minimum absolute atomic E-state index is 0.246. The van der Waals surface area contributed by atoms with Gasteiger partial charge in [-0.05, 0) is 61.4 Å². The molecule has 4 rings (SSSR count). The Kier molecular flexibility index (Phi) is 5.11. The first-order chi connectivity index (χ1) is 14.0. The molecular weight excluding hydrogens is 432 g/mol. The van der Waals surface area contributed by atoms with Gasteiger partial charge in [0.05, 0.1) is 12.7 Å². The number of methoxy groups -OCH3 is 1. The van der Waals surface area contributed by atoms with Crippen molar-refractivity contribution in [3.8, 4) is 17.2 Å². The molecule has 0 saturated heterocycles. The lowest BCUT2D eigenvalue weighted by Crippen LogP contribution is -2.14. The fraction of sp³-hybridized carbons (Fsp3) is 0.130. The van der Waals surface area contributed by atoms with Gasteiger partial charge in [-0.15, -0.1) is 0 Å². The van der Waals surface area contributed by atoms with E-state index >= 15 is 0 Å². The van der Waals surface area contributed by atoms with Gasteiger partial charge in [-0.1, -0.05) is 34.1 Å². The van der Waals surface area contributed by atoms with Gasteiger partial charge in [0, 0.05) is 15.7 Å². The predicted molar refractivity (Wildman–Crippen MR) is 118 cm³/mol. The molecule has 5 nitrogen and oxygen atoms in total. The van der Waals surface area contributed by atoms with Crippen molar-refractivity contribution in [1.82, 2.24) is 4.98 Å². The summed E-state index contributed by atoms with van der Waals surface area (Å²) in [5, 5.41) is 2.99. The van der Waals surface area contributed by atoms with E-state index in [9.17, 15) is 4.79 Å². The first kappa shape index (κ1) is 19.2. The van der Waals surface area contributed by atoms with Gasteiger partial charge in [0.1, 0.15) is 11.3 Å². The Balaban J connectivity index is 1.69. The van der Waals surface area contributed by atoms with Crippen LogP contribution >= 0.6 is 15.9 Å². The number of aromatic nitrogens is 1. The Labute approximate surface area is 176 Å². The number of rotatable bonds is 4. The van der Waals surface area contributed by atoms with Crippen LogP contribution in [0.2, 0.25) is 0 Å². The molecule has 0 unspecified atom stereocenters. The number of para-hydroxylation sites is 2. The minimum Gasteiger partial charge on any atom is -0.496 e. The van der Waals surface area contributed by atoms with Crippen molar-refractivity contribution in [3.63, 3.8) is 0 Å². The molecular formula is C23H19BrN2O3. The molecule has 29 heavy (non-hydrogen) atoms. The first-order valence-electron chi connectivity index (χ1n) is 9.08. The number of oxazole rings is 1. The molecule has 3 aromatic carbocycles. The summed E-state index contributed by atoms with van der Waals surface area (Å²) in [6.07, 6.45) is 0. The molecule has 0 spiro atoms. The number of anilines is 1. The zero-order valence-corrected chi connectivity index (χ0v) is 17.8. The van der Waals surface area contributed by atoms with E-state index in [1.54, 1.807) is 13.2 Å². The fourth-order valence-corrected chi connectivity index (χ4v) is 3.82. The summed E-state index contributed by atoms with van der Waals surface area (Å²) >= 11 is 3.45. The van der Waals surface area contributed by atoms with Crippen LogP contribution in [-0.2, 0) is 0 Å². The van der Waals surface area contributed by atoms with Gasteiger partial charge in [-0.25, -0.2) is 4.98 Å². The summed E-state index contributed by atoms with van der Waals surface area (Å²) in [4.78, 5) is 17.5. The topological polar surface area (TPSA) is 64.4 Å². The predicted octanol–water partition coefficient (Wildman–Crippen LogP) is 6.14. The number of ether oxygens (including phenoxy) is 1. The highest BCUT2D eigenvalue weighted by atomic mass is 79.9. The standard InChI is InChI=1S/C23H19BrN2O3/c1-13-8-9-15(23-26-18-6-4-5-7-20(18)29-23)11-19(13)25-22(27)17-12-16(24)10-14(2)21(17)28-3/h4-12H,1-3H3,(H,25,27). The number of nitrogens with zero attached hydrogens (tertiary/aromatic N) is 1. The molecule has 0 atom stereocenters. The van der Waals surface area contributed by atoms with Crippen LogP contribution in [0.4, 0.5) is 5.69 Å². The van der Waals surface area contributed by atoms with Gasteiger partial charge in [-0.3, -0.25) is 4.79 Å². The van der Waals surface area contributed by atoms with Gasteiger partial charge < -0.3 is 14.5 Å². The molecule has 1 N–H and O–H groups in total. The van der Waals surface area contributed by atoms with Crippen LogP contribution in [0, 0.1) is 13.8 Å². The van der Waals surface area contributed by atoms with Crippen molar-refractivity contribution in [1.29, 1.82) is 0 Å². The Morgan fingerprint density at radius 3 is 2.62 bits per heavy atom. The number of hydrogen-bond acceptors (Lipinski definition) is 4. The monoisotopic (exact) mass is 450 g/mol. The number of carbonyl (C=O) groups is 1.